The molecule has 1 aliphatic rings. The second-order valence-electron chi connectivity index (χ2n) is 5.90. The molecule has 1 aliphatic heterocycles. The highest BCUT2D eigenvalue weighted by Gasteiger charge is 2.26. The molecule has 5 heteroatoms. The Hall–Kier alpha value is -2.24. The number of pyridine rings is 1. The Morgan fingerprint density at radius 2 is 2.17 bits per heavy atom. The van der Waals surface area contributed by atoms with Crippen LogP contribution >= 0.6 is 0 Å². The zero-order valence-corrected chi connectivity index (χ0v) is 13.9. The quantitative estimate of drug-likeness (QED) is 0.764. The fourth-order valence-electron chi connectivity index (χ4n) is 2.94. The van der Waals surface area contributed by atoms with Crippen LogP contribution in [0.1, 0.15) is 22.3 Å². The third-order valence-electron chi connectivity index (χ3n) is 4.26. The van der Waals surface area contributed by atoms with Crippen molar-refractivity contribution in [3.05, 3.63) is 59.8 Å². The average Bonchev–Trinajstić information content (AvgIpc) is 2.64. The number of ether oxygens (including phenoxy) is 2. The Kier molecular flexibility index (Phi) is 5.56. The number of carbonyl (C=O) groups excluding carboxylic acids is 1. The molecule has 1 aromatic carbocycles. The average molecular weight is 326 g/mol. The number of aromatic nitrogens is 1. The summed E-state index contributed by atoms with van der Waals surface area (Å²) in [6.07, 6.45) is 2.21. The SMILES string of the molecule is COc1cc(CN2CCOCC2CC(=O)c2ccccc2)ccn1. The molecule has 0 amide bonds. The van der Waals surface area contributed by atoms with Gasteiger partial charge >= 0.3 is 0 Å². The molecule has 126 valence electrons. The fraction of sp³-hybridized carbons (Fsp3) is 0.368. The predicted octanol–water partition coefficient (Wildman–Crippen LogP) is 2.56. The van der Waals surface area contributed by atoms with E-state index in [2.05, 4.69) is 9.88 Å². The predicted molar refractivity (Wildman–Crippen MR) is 91.2 cm³/mol. The zero-order chi connectivity index (χ0) is 16.8. The molecule has 0 aliphatic carbocycles. The number of morpholine rings is 1. The van der Waals surface area contributed by atoms with Gasteiger partial charge in [-0.15, -0.1) is 0 Å². The topological polar surface area (TPSA) is 51.7 Å². The Labute approximate surface area is 142 Å². The third kappa shape index (κ3) is 4.19. The lowest BCUT2D eigenvalue weighted by Crippen LogP contribution is -2.45. The molecule has 0 saturated carbocycles. The summed E-state index contributed by atoms with van der Waals surface area (Å²) in [7, 11) is 1.61. The lowest BCUT2D eigenvalue weighted by Gasteiger charge is -2.35. The maximum absolute atomic E-state index is 12.5. The number of methoxy groups -OCH3 is 1. The molecule has 2 heterocycles. The van der Waals surface area contributed by atoms with Crippen molar-refractivity contribution in [3.63, 3.8) is 0 Å². The Balaban J connectivity index is 1.68. The van der Waals surface area contributed by atoms with Gasteiger partial charge in [-0.1, -0.05) is 30.3 Å². The standard InChI is InChI=1S/C19H22N2O3/c1-23-19-11-15(7-8-20-19)13-21-9-10-24-14-17(21)12-18(22)16-5-3-2-4-6-16/h2-8,11,17H,9-10,12-14H2,1H3. The number of benzene rings is 1. The molecular weight excluding hydrogens is 304 g/mol. The summed E-state index contributed by atoms with van der Waals surface area (Å²) in [4.78, 5) is 18.9. The van der Waals surface area contributed by atoms with Gasteiger partial charge in [0.15, 0.2) is 5.78 Å². The van der Waals surface area contributed by atoms with Crippen molar-refractivity contribution >= 4 is 5.78 Å². The van der Waals surface area contributed by atoms with Gasteiger partial charge in [0.25, 0.3) is 0 Å². The summed E-state index contributed by atoms with van der Waals surface area (Å²) in [5, 5.41) is 0. The van der Waals surface area contributed by atoms with Gasteiger partial charge in [0.2, 0.25) is 5.88 Å². The number of carbonyl (C=O) groups is 1. The molecule has 1 atom stereocenters. The first-order chi connectivity index (χ1) is 11.8. The minimum absolute atomic E-state index is 0.0885. The maximum atomic E-state index is 12.5. The van der Waals surface area contributed by atoms with Crippen LogP contribution < -0.4 is 4.74 Å². The molecule has 2 aromatic rings. The number of rotatable bonds is 6. The van der Waals surface area contributed by atoms with Crippen LogP contribution in [0.15, 0.2) is 48.7 Å². The molecule has 0 bridgehead atoms. The lowest BCUT2D eigenvalue weighted by atomic mass is 10.0. The fourth-order valence-corrected chi connectivity index (χ4v) is 2.94. The van der Waals surface area contributed by atoms with Crippen molar-refractivity contribution in [2.24, 2.45) is 0 Å². The van der Waals surface area contributed by atoms with Crippen LogP contribution in [0.5, 0.6) is 5.88 Å². The third-order valence-corrected chi connectivity index (χ3v) is 4.26. The number of hydrogen-bond acceptors (Lipinski definition) is 5. The molecule has 0 spiro atoms. The van der Waals surface area contributed by atoms with Gasteiger partial charge < -0.3 is 9.47 Å². The van der Waals surface area contributed by atoms with Gasteiger partial charge in [0, 0.05) is 43.4 Å². The number of hydrogen-bond donors (Lipinski definition) is 0. The van der Waals surface area contributed by atoms with E-state index < -0.39 is 0 Å². The van der Waals surface area contributed by atoms with Crippen LogP contribution in [-0.4, -0.2) is 48.6 Å². The van der Waals surface area contributed by atoms with Crippen LogP contribution in [0.4, 0.5) is 0 Å². The first-order valence-corrected chi connectivity index (χ1v) is 8.15. The summed E-state index contributed by atoms with van der Waals surface area (Å²) in [5.41, 5.74) is 1.88. The van der Waals surface area contributed by atoms with E-state index in [9.17, 15) is 4.79 Å². The van der Waals surface area contributed by atoms with Crippen LogP contribution in [-0.2, 0) is 11.3 Å². The van der Waals surface area contributed by atoms with Crippen molar-refractivity contribution in [2.45, 2.75) is 19.0 Å². The van der Waals surface area contributed by atoms with E-state index >= 15 is 0 Å². The summed E-state index contributed by atoms with van der Waals surface area (Å²) < 4.78 is 10.8. The van der Waals surface area contributed by atoms with Crippen molar-refractivity contribution < 1.29 is 14.3 Å². The smallest absolute Gasteiger partial charge is 0.213 e. The van der Waals surface area contributed by atoms with Gasteiger partial charge in [0.05, 0.1) is 20.3 Å². The molecule has 0 radical (unpaired) electrons. The van der Waals surface area contributed by atoms with E-state index in [-0.39, 0.29) is 11.8 Å². The molecular formula is C19H22N2O3. The van der Waals surface area contributed by atoms with Gasteiger partial charge in [-0.2, -0.15) is 0 Å². The van der Waals surface area contributed by atoms with Crippen molar-refractivity contribution in [2.75, 3.05) is 26.9 Å². The van der Waals surface area contributed by atoms with Crippen LogP contribution in [0.2, 0.25) is 0 Å². The monoisotopic (exact) mass is 326 g/mol. The van der Waals surface area contributed by atoms with E-state index in [0.29, 0.717) is 25.5 Å². The van der Waals surface area contributed by atoms with Gasteiger partial charge in [-0.3, -0.25) is 9.69 Å². The molecule has 5 nitrogen and oxygen atoms in total. The molecule has 1 fully saturated rings. The molecule has 24 heavy (non-hydrogen) atoms. The Morgan fingerprint density at radius 1 is 1.33 bits per heavy atom. The van der Waals surface area contributed by atoms with Crippen LogP contribution in [0.25, 0.3) is 0 Å². The molecule has 3 rings (SSSR count). The molecule has 1 unspecified atom stereocenters. The molecule has 0 N–H and O–H groups in total. The summed E-state index contributed by atoms with van der Waals surface area (Å²) in [5.74, 6) is 0.765. The summed E-state index contributed by atoms with van der Waals surface area (Å²) >= 11 is 0. The number of ketones is 1. The van der Waals surface area contributed by atoms with Crippen molar-refractivity contribution in [3.8, 4) is 5.88 Å². The normalized spacial score (nSPS) is 18.3. The van der Waals surface area contributed by atoms with E-state index in [1.54, 1.807) is 13.3 Å². The number of Topliss-reactive ketones (excluding diaryl/α,β-unsaturated/α-hetero) is 1. The van der Waals surface area contributed by atoms with Crippen molar-refractivity contribution in [1.29, 1.82) is 0 Å². The molecule has 1 aromatic heterocycles. The van der Waals surface area contributed by atoms with E-state index in [4.69, 9.17) is 9.47 Å². The highest BCUT2D eigenvalue weighted by atomic mass is 16.5. The summed E-state index contributed by atoms with van der Waals surface area (Å²) in [6, 6.07) is 13.4. The highest BCUT2D eigenvalue weighted by Crippen LogP contribution is 2.18. The van der Waals surface area contributed by atoms with E-state index in [1.165, 1.54) is 0 Å². The Morgan fingerprint density at radius 3 is 2.96 bits per heavy atom. The summed E-state index contributed by atoms with van der Waals surface area (Å²) in [6.45, 7) is 2.85. The number of nitrogens with zero attached hydrogens (tertiary/aromatic N) is 2. The lowest BCUT2D eigenvalue weighted by molar-refractivity contribution is -0.0126. The maximum Gasteiger partial charge on any atom is 0.213 e. The molecule has 1 saturated heterocycles. The first kappa shape index (κ1) is 16.6. The van der Waals surface area contributed by atoms with Crippen LogP contribution in [0, 0.1) is 0 Å². The highest BCUT2D eigenvalue weighted by molar-refractivity contribution is 5.96. The first-order valence-electron chi connectivity index (χ1n) is 8.15. The van der Waals surface area contributed by atoms with E-state index in [1.807, 2.05) is 42.5 Å². The Bertz CT molecular complexity index is 675. The second kappa shape index (κ2) is 8.04. The second-order valence-corrected chi connectivity index (χ2v) is 5.90. The zero-order valence-electron chi connectivity index (χ0n) is 13.9. The van der Waals surface area contributed by atoms with Gasteiger partial charge in [-0.25, -0.2) is 4.98 Å². The van der Waals surface area contributed by atoms with Crippen molar-refractivity contribution in [1.82, 2.24) is 9.88 Å². The minimum atomic E-state index is 0.0885. The van der Waals surface area contributed by atoms with Crippen LogP contribution in [0.3, 0.4) is 0 Å². The van der Waals surface area contributed by atoms with Gasteiger partial charge in [0.1, 0.15) is 0 Å². The van der Waals surface area contributed by atoms with Gasteiger partial charge in [-0.05, 0) is 11.6 Å². The largest absolute Gasteiger partial charge is 0.481 e. The van der Waals surface area contributed by atoms with E-state index in [0.717, 1.165) is 24.2 Å². The minimum Gasteiger partial charge on any atom is -0.481 e.